The zero-order valence-corrected chi connectivity index (χ0v) is 19.4. The molecule has 1 fully saturated rings. The van der Waals surface area contributed by atoms with Gasteiger partial charge < -0.3 is 14.1 Å². The summed E-state index contributed by atoms with van der Waals surface area (Å²) in [6.07, 6.45) is 0. The van der Waals surface area contributed by atoms with E-state index < -0.39 is 16.0 Å². The van der Waals surface area contributed by atoms with E-state index in [1.165, 1.54) is 36.6 Å². The van der Waals surface area contributed by atoms with Gasteiger partial charge >= 0.3 is 5.97 Å². The Labute approximate surface area is 188 Å². The van der Waals surface area contributed by atoms with Gasteiger partial charge in [-0.15, -0.1) is 11.3 Å². The summed E-state index contributed by atoms with van der Waals surface area (Å²) < 4.78 is 38.0. The van der Waals surface area contributed by atoms with Crippen LogP contribution in [-0.4, -0.2) is 73.0 Å². The summed E-state index contributed by atoms with van der Waals surface area (Å²) in [5, 5.41) is 8.91. The highest BCUT2D eigenvalue weighted by atomic mass is 32.2. The molecule has 12 heteroatoms. The van der Waals surface area contributed by atoms with Gasteiger partial charge in [0.2, 0.25) is 10.0 Å². The maximum absolute atomic E-state index is 13.3. The number of esters is 1. The van der Waals surface area contributed by atoms with Crippen LogP contribution in [0.25, 0.3) is 10.6 Å². The number of aromatic nitrogens is 2. The van der Waals surface area contributed by atoms with Gasteiger partial charge in [-0.2, -0.15) is 9.40 Å². The number of methoxy groups -OCH3 is 1. The van der Waals surface area contributed by atoms with E-state index in [-0.39, 0.29) is 59.8 Å². The second-order valence-corrected chi connectivity index (χ2v) is 10.1. The molecule has 1 aliphatic heterocycles. The Kier molecular flexibility index (Phi) is 5.93. The Morgan fingerprint density at radius 2 is 1.91 bits per heavy atom. The molecule has 1 amide bonds. The summed E-state index contributed by atoms with van der Waals surface area (Å²) in [5.41, 5.74) is 0.936. The molecule has 1 saturated heterocycles. The lowest BCUT2D eigenvalue weighted by atomic mass is 10.2. The van der Waals surface area contributed by atoms with Crippen LogP contribution in [0.2, 0.25) is 0 Å². The smallest absolute Gasteiger partial charge is 0.342 e. The molecular formula is C20H22N4O6S2. The van der Waals surface area contributed by atoms with Crippen LogP contribution in [0.4, 0.5) is 0 Å². The summed E-state index contributed by atoms with van der Waals surface area (Å²) in [6.45, 7) is 3.57. The second-order valence-electron chi connectivity index (χ2n) is 7.25. The number of thiophene rings is 1. The van der Waals surface area contributed by atoms with Crippen molar-refractivity contribution in [3.63, 3.8) is 0 Å². The van der Waals surface area contributed by atoms with Gasteiger partial charge in [0.05, 0.1) is 17.7 Å². The SMILES string of the molecule is COC(=O)c1c(C)oc(C)c1S(=O)(=O)N1CCN(C(=O)c2cc(-c3cccs3)[nH]n2)CC1. The number of aromatic amines is 1. The lowest BCUT2D eigenvalue weighted by Gasteiger charge is -2.33. The van der Waals surface area contributed by atoms with E-state index in [0.717, 1.165) is 10.6 Å². The molecule has 3 aromatic rings. The van der Waals surface area contributed by atoms with Gasteiger partial charge in [0, 0.05) is 26.2 Å². The zero-order chi connectivity index (χ0) is 23.0. The Bertz CT molecular complexity index is 1250. The van der Waals surface area contributed by atoms with Crippen molar-refractivity contribution in [1.29, 1.82) is 0 Å². The topological polar surface area (TPSA) is 126 Å². The fourth-order valence-corrected chi connectivity index (χ4v) is 6.21. The van der Waals surface area contributed by atoms with Crippen LogP contribution >= 0.6 is 11.3 Å². The third-order valence-corrected chi connectivity index (χ3v) is 8.26. The molecule has 4 rings (SSSR count). The third-order valence-electron chi connectivity index (χ3n) is 5.30. The van der Waals surface area contributed by atoms with E-state index in [9.17, 15) is 18.0 Å². The summed E-state index contributed by atoms with van der Waals surface area (Å²) in [5.74, 6) is -0.737. The van der Waals surface area contributed by atoms with E-state index in [4.69, 9.17) is 9.15 Å². The van der Waals surface area contributed by atoms with Crippen molar-refractivity contribution < 1.29 is 27.2 Å². The fourth-order valence-electron chi connectivity index (χ4n) is 3.72. The molecule has 0 atom stereocenters. The molecule has 0 aromatic carbocycles. The number of piperazine rings is 1. The quantitative estimate of drug-likeness (QED) is 0.558. The summed E-state index contributed by atoms with van der Waals surface area (Å²) in [6, 6.07) is 5.53. The third kappa shape index (κ3) is 3.85. The molecular weight excluding hydrogens is 456 g/mol. The van der Waals surface area contributed by atoms with Crippen LogP contribution in [0.3, 0.4) is 0 Å². The van der Waals surface area contributed by atoms with Crippen molar-refractivity contribution in [2.75, 3.05) is 33.3 Å². The predicted octanol–water partition coefficient (Wildman–Crippen LogP) is 2.28. The van der Waals surface area contributed by atoms with Crippen LogP contribution in [0.15, 0.2) is 32.9 Å². The first-order chi connectivity index (χ1) is 15.2. The predicted molar refractivity (Wildman–Crippen MR) is 116 cm³/mol. The van der Waals surface area contributed by atoms with Crippen molar-refractivity contribution in [3.8, 4) is 10.6 Å². The first-order valence-electron chi connectivity index (χ1n) is 9.81. The Hall–Kier alpha value is -2.96. The molecule has 0 saturated carbocycles. The molecule has 1 aliphatic rings. The summed E-state index contributed by atoms with van der Waals surface area (Å²) >= 11 is 1.54. The fraction of sp³-hybridized carbons (Fsp3) is 0.350. The van der Waals surface area contributed by atoms with Gasteiger partial charge in [0.15, 0.2) is 5.69 Å². The number of carbonyl (C=O) groups is 2. The molecule has 1 N–H and O–H groups in total. The van der Waals surface area contributed by atoms with Crippen molar-refractivity contribution in [3.05, 3.63) is 46.4 Å². The first-order valence-corrected chi connectivity index (χ1v) is 12.1. The van der Waals surface area contributed by atoms with Gasteiger partial charge in [0.1, 0.15) is 22.0 Å². The van der Waals surface area contributed by atoms with E-state index in [1.807, 2.05) is 17.5 Å². The molecule has 0 spiro atoms. The number of H-pyrrole nitrogens is 1. The average Bonchev–Trinajstić information content (AvgIpc) is 3.52. The molecule has 0 unspecified atom stereocenters. The van der Waals surface area contributed by atoms with Crippen molar-refractivity contribution in [1.82, 2.24) is 19.4 Å². The van der Waals surface area contributed by atoms with Crippen molar-refractivity contribution >= 4 is 33.2 Å². The van der Waals surface area contributed by atoms with Crippen molar-refractivity contribution in [2.24, 2.45) is 0 Å². The Morgan fingerprint density at radius 3 is 2.53 bits per heavy atom. The molecule has 170 valence electrons. The average molecular weight is 479 g/mol. The number of ether oxygens (including phenoxy) is 1. The first kappa shape index (κ1) is 22.2. The van der Waals surface area contributed by atoms with Gasteiger partial charge in [-0.1, -0.05) is 6.07 Å². The lowest BCUT2D eigenvalue weighted by molar-refractivity contribution is 0.0594. The van der Waals surface area contributed by atoms with Gasteiger partial charge in [-0.25, -0.2) is 13.2 Å². The van der Waals surface area contributed by atoms with Crippen LogP contribution in [0.5, 0.6) is 0 Å². The zero-order valence-electron chi connectivity index (χ0n) is 17.7. The number of sulfonamides is 1. The lowest BCUT2D eigenvalue weighted by Crippen LogP contribution is -2.50. The number of furan rings is 1. The molecule has 3 aromatic heterocycles. The number of nitrogens with one attached hydrogen (secondary N) is 1. The van der Waals surface area contributed by atoms with Crippen molar-refractivity contribution in [2.45, 2.75) is 18.7 Å². The Balaban J connectivity index is 1.49. The maximum Gasteiger partial charge on any atom is 0.342 e. The number of hydrogen-bond acceptors (Lipinski definition) is 8. The highest BCUT2D eigenvalue weighted by molar-refractivity contribution is 7.89. The van der Waals surface area contributed by atoms with Gasteiger partial charge in [-0.05, 0) is 31.4 Å². The second kappa shape index (κ2) is 8.52. The van der Waals surface area contributed by atoms with Crippen LogP contribution in [0.1, 0.15) is 32.4 Å². The monoisotopic (exact) mass is 478 g/mol. The van der Waals surface area contributed by atoms with E-state index in [0.29, 0.717) is 0 Å². The van der Waals surface area contributed by atoms with E-state index in [2.05, 4.69) is 10.2 Å². The number of aryl methyl sites for hydroxylation is 2. The molecule has 4 heterocycles. The van der Waals surface area contributed by atoms with Crippen LogP contribution < -0.4 is 0 Å². The van der Waals surface area contributed by atoms with Gasteiger partial charge in [-0.3, -0.25) is 9.89 Å². The van der Waals surface area contributed by atoms with E-state index >= 15 is 0 Å². The number of nitrogens with zero attached hydrogens (tertiary/aromatic N) is 3. The van der Waals surface area contributed by atoms with Crippen LogP contribution in [0, 0.1) is 13.8 Å². The standard InChI is InChI=1S/C20H22N4O6S2/c1-12-17(20(26)29-3)18(13(2)30-12)32(27,28)24-8-6-23(7-9-24)19(25)15-11-14(21-22-15)16-5-4-10-31-16/h4-5,10-11H,6-9H2,1-3H3,(H,21,22). The summed E-state index contributed by atoms with van der Waals surface area (Å²) in [7, 11) is -2.83. The normalized spacial score (nSPS) is 15.2. The number of carbonyl (C=O) groups excluding carboxylic acids is 2. The van der Waals surface area contributed by atoms with Crippen LogP contribution in [-0.2, 0) is 14.8 Å². The molecule has 0 radical (unpaired) electrons. The highest BCUT2D eigenvalue weighted by Gasteiger charge is 2.38. The number of amides is 1. The summed E-state index contributed by atoms with van der Waals surface area (Å²) in [4.78, 5) is 27.4. The molecule has 0 aliphatic carbocycles. The molecule has 0 bridgehead atoms. The highest BCUT2D eigenvalue weighted by Crippen LogP contribution is 2.30. The van der Waals surface area contributed by atoms with E-state index in [1.54, 1.807) is 11.0 Å². The number of hydrogen-bond donors (Lipinski definition) is 1. The molecule has 10 nitrogen and oxygen atoms in total. The minimum Gasteiger partial charge on any atom is -0.465 e. The minimum atomic E-state index is -4.02. The molecule has 32 heavy (non-hydrogen) atoms. The minimum absolute atomic E-state index is 0.0839. The number of rotatable bonds is 5. The maximum atomic E-state index is 13.3. The Morgan fingerprint density at radius 1 is 1.19 bits per heavy atom. The van der Waals surface area contributed by atoms with Gasteiger partial charge in [0.25, 0.3) is 5.91 Å². The largest absolute Gasteiger partial charge is 0.465 e.